The molecule has 2 aromatic carbocycles. The highest BCUT2D eigenvalue weighted by Crippen LogP contribution is 2.43. The van der Waals surface area contributed by atoms with Crippen LogP contribution >= 0.6 is 11.6 Å². The van der Waals surface area contributed by atoms with Gasteiger partial charge in [0, 0.05) is 11.5 Å². The van der Waals surface area contributed by atoms with Gasteiger partial charge in [0.2, 0.25) is 16.4 Å². The summed E-state index contributed by atoms with van der Waals surface area (Å²) in [4.78, 5) is 12.3. The maximum absolute atomic E-state index is 15.1. The molecule has 35 heavy (non-hydrogen) atoms. The lowest BCUT2D eigenvalue weighted by Crippen LogP contribution is -2.44. The Bertz CT molecular complexity index is 1440. The number of halogens is 2. The number of hydrogen-bond acceptors (Lipinski definition) is 7. The highest BCUT2D eigenvalue weighted by atomic mass is 35.5. The van der Waals surface area contributed by atoms with Crippen LogP contribution < -0.4 is 10.5 Å². The van der Waals surface area contributed by atoms with Gasteiger partial charge in [-0.2, -0.15) is 8.99 Å². The Morgan fingerprint density at radius 2 is 1.89 bits per heavy atom. The van der Waals surface area contributed by atoms with Crippen LogP contribution in [0.1, 0.15) is 54.3 Å². The number of nitrogens with zero attached hydrogens (tertiary/aromatic N) is 3. The molecule has 188 valence electrons. The number of rotatable bonds is 5. The zero-order valence-corrected chi connectivity index (χ0v) is 21.1. The summed E-state index contributed by atoms with van der Waals surface area (Å²) in [6, 6.07) is 5.58. The van der Waals surface area contributed by atoms with E-state index in [1.54, 1.807) is 19.9 Å². The predicted molar refractivity (Wildman–Crippen MR) is 126 cm³/mol. The van der Waals surface area contributed by atoms with Gasteiger partial charge in [0.15, 0.2) is 0 Å². The van der Waals surface area contributed by atoms with Crippen LogP contribution in [0.15, 0.2) is 44.8 Å². The quantitative estimate of drug-likeness (QED) is 0.540. The molecule has 0 aliphatic carbocycles. The molecule has 1 aliphatic heterocycles. The van der Waals surface area contributed by atoms with Crippen LogP contribution in [0.4, 0.5) is 4.39 Å². The van der Waals surface area contributed by atoms with Crippen LogP contribution in [-0.4, -0.2) is 40.8 Å². The van der Waals surface area contributed by atoms with Gasteiger partial charge in [-0.3, -0.25) is 0 Å². The van der Waals surface area contributed by atoms with E-state index in [1.807, 2.05) is 6.92 Å². The molecular weight excluding hydrogens is 501 g/mol. The maximum atomic E-state index is 15.1. The van der Waals surface area contributed by atoms with Crippen LogP contribution in [0.25, 0.3) is 0 Å². The number of aromatic nitrogens is 2. The van der Waals surface area contributed by atoms with Crippen molar-refractivity contribution in [2.24, 2.45) is 0 Å². The molecule has 1 aliphatic rings. The smallest absolute Gasteiger partial charge is 0.438 e. The minimum Gasteiger partial charge on any atom is -0.490 e. The molecule has 4 rings (SSSR count). The van der Waals surface area contributed by atoms with Gasteiger partial charge in [0.1, 0.15) is 29.2 Å². The van der Waals surface area contributed by atoms with Crippen molar-refractivity contribution in [1.82, 2.24) is 14.1 Å². The molecule has 3 aromatic rings. The third-order valence-electron chi connectivity index (χ3n) is 6.36. The van der Waals surface area contributed by atoms with Gasteiger partial charge >= 0.3 is 5.76 Å². The van der Waals surface area contributed by atoms with Crippen molar-refractivity contribution in [2.45, 2.75) is 50.8 Å². The fourth-order valence-corrected chi connectivity index (χ4v) is 6.62. The Labute approximate surface area is 206 Å². The first-order valence-electron chi connectivity index (χ1n) is 10.9. The van der Waals surface area contributed by atoms with Crippen LogP contribution in [0.5, 0.6) is 5.75 Å². The Hall–Kier alpha value is -2.73. The highest BCUT2D eigenvalue weighted by Gasteiger charge is 2.43. The normalized spacial score (nSPS) is 18.3. The second kappa shape index (κ2) is 9.38. The van der Waals surface area contributed by atoms with Gasteiger partial charge in [-0.05, 0) is 55.7 Å². The molecule has 0 saturated carbocycles. The van der Waals surface area contributed by atoms with E-state index < -0.39 is 39.8 Å². The number of benzene rings is 2. The van der Waals surface area contributed by atoms with Crippen LogP contribution in [0.2, 0.25) is 5.02 Å². The Kier molecular flexibility index (Phi) is 6.80. The fourth-order valence-electron chi connectivity index (χ4n) is 4.55. The van der Waals surface area contributed by atoms with E-state index in [-0.39, 0.29) is 39.9 Å². The number of hydrogen-bond donors (Lipinski definition) is 1. The first-order chi connectivity index (χ1) is 16.5. The number of ether oxygens (including phenoxy) is 1. The molecule has 0 bridgehead atoms. The topological polar surface area (TPSA) is 115 Å². The summed E-state index contributed by atoms with van der Waals surface area (Å²) in [5.74, 6) is -2.34. The van der Waals surface area contributed by atoms with Gasteiger partial charge in [-0.1, -0.05) is 24.6 Å². The van der Waals surface area contributed by atoms with E-state index in [0.717, 1.165) is 20.9 Å². The third kappa shape index (κ3) is 4.26. The molecular formula is C23H25ClFN3O6S. The Morgan fingerprint density at radius 1 is 1.17 bits per heavy atom. The highest BCUT2D eigenvalue weighted by molar-refractivity contribution is 7.89. The lowest BCUT2D eigenvalue weighted by atomic mass is 9.90. The molecule has 12 heteroatoms. The molecule has 0 spiro atoms. The lowest BCUT2D eigenvalue weighted by molar-refractivity contribution is 0.162. The van der Waals surface area contributed by atoms with Crippen molar-refractivity contribution in [3.8, 4) is 5.75 Å². The SMILES string of the molecule is Cc1ccc(F)c(C(C)C(N2CCOc3c(ccc(Cl)c3[C@@H](C)O)S2(=O)=O)n2ncoc2=O)c1C. The second-order valence-corrected chi connectivity index (χ2v) is 10.7. The van der Waals surface area contributed by atoms with Crippen molar-refractivity contribution < 1.29 is 27.1 Å². The molecule has 1 aromatic heterocycles. The standard InChI is InChI=1S/C23H25ClFN3O6S/c1-12-5-7-17(25)19(13(12)2)14(3)22(28-23(30)34-11-26-28)27-9-10-33-21-18(35(27,31)32)8-6-16(24)20(21)15(4)29/h5-8,11,14-15,22,29H,9-10H2,1-4H3/t14?,15-,22?/m1/s1. The zero-order valence-electron chi connectivity index (χ0n) is 19.5. The van der Waals surface area contributed by atoms with Crippen molar-refractivity contribution in [3.63, 3.8) is 0 Å². The Balaban J connectivity index is 1.95. The molecule has 0 amide bonds. The van der Waals surface area contributed by atoms with E-state index in [1.165, 1.54) is 25.1 Å². The summed E-state index contributed by atoms with van der Waals surface area (Å²) in [7, 11) is -4.35. The summed E-state index contributed by atoms with van der Waals surface area (Å²) >= 11 is 6.23. The molecule has 2 heterocycles. The van der Waals surface area contributed by atoms with E-state index in [9.17, 15) is 18.3 Å². The van der Waals surface area contributed by atoms with Crippen molar-refractivity contribution in [3.05, 3.63) is 74.3 Å². The average molecular weight is 526 g/mol. The van der Waals surface area contributed by atoms with Crippen molar-refractivity contribution in [1.29, 1.82) is 0 Å². The first-order valence-corrected chi connectivity index (χ1v) is 12.7. The summed E-state index contributed by atoms with van der Waals surface area (Å²) in [6.45, 7) is 6.33. The number of aryl methyl sites for hydroxylation is 1. The van der Waals surface area contributed by atoms with Crippen LogP contribution in [-0.2, 0) is 10.0 Å². The fraction of sp³-hybridized carbons (Fsp3) is 0.391. The number of aliphatic hydroxyl groups excluding tert-OH is 1. The van der Waals surface area contributed by atoms with Gasteiger partial charge in [0.25, 0.3) is 0 Å². The van der Waals surface area contributed by atoms with E-state index in [2.05, 4.69) is 5.10 Å². The van der Waals surface area contributed by atoms with Crippen molar-refractivity contribution in [2.75, 3.05) is 13.2 Å². The lowest BCUT2D eigenvalue weighted by Gasteiger charge is -2.33. The van der Waals surface area contributed by atoms with Gasteiger partial charge in [0.05, 0.1) is 17.7 Å². The minimum atomic E-state index is -4.35. The van der Waals surface area contributed by atoms with Gasteiger partial charge in [-0.25, -0.2) is 17.6 Å². The van der Waals surface area contributed by atoms with Crippen molar-refractivity contribution >= 4 is 21.6 Å². The molecule has 3 atom stereocenters. The Morgan fingerprint density at radius 3 is 2.51 bits per heavy atom. The number of sulfonamides is 1. The molecule has 2 unspecified atom stereocenters. The summed E-state index contributed by atoms with van der Waals surface area (Å²) in [5.41, 5.74) is 1.83. The van der Waals surface area contributed by atoms with Crippen LogP contribution in [0.3, 0.4) is 0 Å². The second-order valence-electron chi connectivity index (χ2n) is 8.48. The average Bonchev–Trinajstić information content (AvgIpc) is 3.15. The monoisotopic (exact) mass is 525 g/mol. The largest absolute Gasteiger partial charge is 0.490 e. The predicted octanol–water partition coefficient (Wildman–Crippen LogP) is 3.68. The molecule has 1 N–H and O–H groups in total. The number of aliphatic hydroxyl groups is 1. The van der Waals surface area contributed by atoms with Gasteiger partial charge < -0.3 is 14.3 Å². The summed E-state index contributed by atoms with van der Waals surface area (Å²) in [6.07, 6.45) is -1.47. The summed E-state index contributed by atoms with van der Waals surface area (Å²) < 4.78 is 55.6. The third-order valence-corrected chi connectivity index (χ3v) is 8.58. The molecule has 0 radical (unpaired) electrons. The van der Waals surface area contributed by atoms with Crippen LogP contribution in [0, 0.1) is 19.7 Å². The van der Waals surface area contributed by atoms with E-state index in [0.29, 0.717) is 5.56 Å². The van der Waals surface area contributed by atoms with E-state index >= 15 is 4.39 Å². The summed E-state index contributed by atoms with van der Waals surface area (Å²) in [5, 5.41) is 14.3. The minimum absolute atomic E-state index is 0.0631. The first kappa shape index (κ1) is 25.4. The zero-order chi connectivity index (χ0) is 25.7. The van der Waals surface area contributed by atoms with Gasteiger partial charge in [-0.15, -0.1) is 5.10 Å². The molecule has 0 saturated heterocycles. The molecule has 0 fully saturated rings. The number of fused-ring (bicyclic) bond motifs is 1. The molecule has 9 nitrogen and oxygen atoms in total. The maximum Gasteiger partial charge on any atom is 0.438 e. The van der Waals surface area contributed by atoms with E-state index in [4.69, 9.17) is 20.8 Å².